The normalized spacial score (nSPS) is 20.9. The van der Waals surface area contributed by atoms with E-state index in [0.29, 0.717) is 6.10 Å². The van der Waals surface area contributed by atoms with E-state index in [1.807, 2.05) is 11.3 Å². The van der Waals surface area contributed by atoms with Gasteiger partial charge in [0.05, 0.1) is 11.8 Å². The first-order valence-electron chi connectivity index (χ1n) is 8.23. The predicted octanol–water partition coefficient (Wildman–Crippen LogP) is 3.44. The number of hydrogen-bond acceptors (Lipinski definition) is 4. The van der Waals surface area contributed by atoms with Gasteiger partial charge in [0, 0.05) is 35.1 Å². The molecule has 0 unspecified atom stereocenters. The Balaban J connectivity index is 1.38. The molecule has 0 radical (unpaired) electrons. The fraction of sp³-hybridized carbons (Fsp3) is 0.588. The number of ether oxygens (including phenoxy) is 1. The second kappa shape index (κ2) is 6.14. The van der Waals surface area contributed by atoms with Crippen LogP contribution in [0.2, 0.25) is 0 Å². The van der Waals surface area contributed by atoms with Crippen molar-refractivity contribution >= 4 is 11.3 Å². The molecule has 2 aromatic rings. The first kappa shape index (κ1) is 14.4. The molecule has 0 aromatic carbocycles. The Morgan fingerprint density at radius 2 is 2.27 bits per heavy atom. The van der Waals surface area contributed by atoms with Gasteiger partial charge in [0.2, 0.25) is 0 Å². The van der Waals surface area contributed by atoms with Gasteiger partial charge in [0.1, 0.15) is 0 Å². The summed E-state index contributed by atoms with van der Waals surface area (Å²) in [5.41, 5.74) is 4.07. The second-order valence-corrected chi connectivity index (χ2v) is 7.66. The average Bonchev–Trinajstić information content (AvgIpc) is 3.24. The Kier molecular flexibility index (Phi) is 4.03. The van der Waals surface area contributed by atoms with E-state index in [1.165, 1.54) is 58.8 Å². The molecule has 118 valence electrons. The molecule has 2 aliphatic rings. The minimum absolute atomic E-state index is 0.346. The lowest BCUT2D eigenvalue weighted by Crippen LogP contribution is -2.17. The first-order valence-corrected chi connectivity index (χ1v) is 9.05. The fourth-order valence-corrected chi connectivity index (χ4v) is 4.73. The molecule has 1 aliphatic carbocycles. The van der Waals surface area contributed by atoms with Crippen molar-refractivity contribution in [3.8, 4) is 0 Å². The number of H-pyrrole nitrogens is 1. The SMILES string of the molecule is CN(Cc1ccc([C@H]2CCCO2)s1)Cc1n[nH]c2c1CCC2. The minimum atomic E-state index is 0.346. The number of hydrogen-bond donors (Lipinski definition) is 1. The van der Waals surface area contributed by atoms with E-state index in [9.17, 15) is 0 Å². The molecule has 4 rings (SSSR count). The fourth-order valence-electron chi connectivity index (χ4n) is 3.55. The van der Waals surface area contributed by atoms with E-state index in [0.717, 1.165) is 19.7 Å². The molecule has 4 nitrogen and oxygen atoms in total. The van der Waals surface area contributed by atoms with Gasteiger partial charge in [-0.05, 0) is 56.8 Å². The van der Waals surface area contributed by atoms with Gasteiger partial charge < -0.3 is 4.74 Å². The Labute approximate surface area is 135 Å². The molecule has 22 heavy (non-hydrogen) atoms. The van der Waals surface area contributed by atoms with Gasteiger partial charge in [0.25, 0.3) is 0 Å². The van der Waals surface area contributed by atoms with Crippen molar-refractivity contribution < 1.29 is 4.74 Å². The predicted molar refractivity (Wildman–Crippen MR) is 88.0 cm³/mol. The largest absolute Gasteiger partial charge is 0.373 e. The third kappa shape index (κ3) is 2.85. The number of aromatic nitrogens is 2. The van der Waals surface area contributed by atoms with Crippen LogP contribution in [0.1, 0.15) is 52.1 Å². The molecule has 1 fully saturated rings. The Morgan fingerprint density at radius 1 is 1.32 bits per heavy atom. The van der Waals surface area contributed by atoms with Crippen molar-refractivity contribution in [1.29, 1.82) is 0 Å². The number of fused-ring (bicyclic) bond motifs is 1. The molecule has 1 atom stereocenters. The lowest BCUT2D eigenvalue weighted by Gasteiger charge is -2.15. The van der Waals surface area contributed by atoms with Crippen molar-refractivity contribution in [3.63, 3.8) is 0 Å². The zero-order valence-electron chi connectivity index (χ0n) is 13.1. The Morgan fingerprint density at radius 3 is 3.14 bits per heavy atom. The summed E-state index contributed by atoms with van der Waals surface area (Å²) in [6.07, 6.45) is 6.35. The van der Waals surface area contributed by atoms with Gasteiger partial charge >= 0.3 is 0 Å². The van der Waals surface area contributed by atoms with Crippen molar-refractivity contribution in [2.45, 2.75) is 51.3 Å². The molecule has 0 saturated carbocycles. The summed E-state index contributed by atoms with van der Waals surface area (Å²) in [7, 11) is 2.18. The quantitative estimate of drug-likeness (QED) is 0.918. The van der Waals surface area contributed by atoms with Gasteiger partial charge in [-0.3, -0.25) is 10.00 Å². The zero-order chi connectivity index (χ0) is 14.9. The monoisotopic (exact) mass is 317 g/mol. The van der Waals surface area contributed by atoms with E-state index in [-0.39, 0.29) is 0 Å². The maximum Gasteiger partial charge on any atom is 0.0917 e. The minimum Gasteiger partial charge on any atom is -0.373 e. The highest BCUT2D eigenvalue weighted by Crippen LogP contribution is 2.33. The maximum absolute atomic E-state index is 5.78. The van der Waals surface area contributed by atoms with Crippen molar-refractivity contribution in [2.75, 3.05) is 13.7 Å². The van der Waals surface area contributed by atoms with Crippen LogP contribution in [0, 0.1) is 0 Å². The molecule has 5 heteroatoms. The van der Waals surface area contributed by atoms with Crippen LogP contribution < -0.4 is 0 Å². The molecular formula is C17H23N3OS. The summed E-state index contributed by atoms with van der Waals surface area (Å²) in [4.78, 5) is 5.17. The van der Waals surface area contributed by atoms with Crippen LogP contribution in [0.4, 0.5) is 0 Å². The molecule has 0 amide bonds. The van der Waals surface area contributed by atoms with Gasteiger partial charge in [0.15, 0.2) is 0 Å². The Bertz CT molecular complexity index is 642. The van der Waals surface area contributed by atoms with Crippen LogP contribution in [0.15, 0.2) is 12.1 Å². The highest BCUT2D eigenvalue weighted by Gasteiger charge is 2.21. The smallest absolute Gasteiger partial charge is 0.0917 e. The number of aryl methyl sites for hydroxylation is 1. The summed E-state index contributed by atoms with van der Waals surface area (Å²) < 4.78 is 5.78. The highest BCUT2D eigenvalue weighted by molar-refractivity contribution is 7.12. The molecule has 1 aliphatic heterocycles. The molecule has 2 aromatic heterocycles. The zero-order valence-corrected chi connectivity index (χ0v) is 13.9. The van der Waals surface area contributed by atoms with E-state index in [2.05, 4.69) is 34.3 Å². The van der Waals surface area contributed by atoms with E-state index in [4.69, 9.17) is 4.74 Å². The van der Waals surface area contributed by atoms with Crippen molar-refractivity contribution in [3.05, 3.63) is 38.8 Å². The van der Waals surface area contributed by atoms with Crippen molar-refractivity contribution in [2.24, 2.45) is 0 Å². The van der Waals surface area contributed by atoms with Crippen LogP contribution in [-0.4, -0.2) is 28.8 Å². The van der Waals surface area contributed by atoms with Crippen LogP contribution in [0.3, 0.4) is 0 Å². The maximum atomic E-state index is 5.78. The van der Waals surface area contributed by atoms with Crippen molar-refractivity contribution in [1.82, 2.24) is 15.1 Å². The summed E-state index contributed by atoms with van der Waals surface area (Å²) >= 11 is 1.90. The summed E-state index contributed by atoms with van der Waals surface area (Å²) in [5.74, 6) is 0. The molecule has 0 spiro atoms. The van der Waals surface area contributed by atoms with Gasteiger partial charge in [-0.1, -0.05) is 0 Å². The summed E-state index contributed by atoms with van der Waals surface area (Å²) in [6, 6.07) is 4.50. The van der Waals surface area contributed by atoms with Crippen LogP contribution in [0.25, 0.3) is 0 Å². The molecule has 0 bridgehead atoms. The number of rotatable bonds is 5. The lowest BCUT2D eigenvalue weighted by molar-refractivity contribution is 0.114. The standard InChI is InChI=1S/C17H23N3OS/c1-20(11-15-13-4-2-5-14(13)18-19-15)10-12-7-8-17(22-12)16-6-3-9-21-16/h7-8,16H,2-6,9-11H2,1H3,(H,18,19)/t16-/m1/s1. The summed E-state index contributed by atoms with van der Waals surface area (Å²) in [5, 5.41) is 7.71. The third-order valence-electron chi connectivity index (χ3n) is 4.67. The number of nitrogens with zero attached hydrogens (tertiary/aromatic N) is 2. The van der Waals surface area contributed by atoms with E-state index < -0.39 is 0 Å². The van der Waals surface area contributed by atoms with Crippen LogP contribution in [-0.2, 0) is 30.7 Å². The topological polar surface area (TPSA) is 41.1 Å². The van der Waals surface area contributed by atoms with Crippen LogP contribution >= 0.6 is 11.3 Å². The Hall–Kier alpha value is -1.17. The van der Waals surface area contributed by atoms with E-state index in [1.54, 1.807) is 0 Å². The van der Waals surface area contributed by atoms with Gasteiger partial charge in [-0.25, -0.2) is 0 Å². The number of thiophene rings is 1. The average molecular weight is 317 g/mol. The van der Waals surface area contributed by atoms with Crippen LogP contribution in [0.5, 0.6) is 0 Å². The first-order chi connectivity index (χ1) is 10.8. The van der Waals surface area contributed by atoms with Gasteiger partial charge in [-0.2, -0.15) is 5.10 Å². The lowest BCUT2D eigenvalue weighted by atomic mass is 10.2. The number of aromatic amines is 1. The molecular weight excluding hydrogens is 294 g/mol. The third-order valence-corrected chi connectivity index (χ3v) is 5.83. The molecule has 1 N–H and O–H groups in total. The summed E-state index contributed by atoms with van der Waals surface area (Å²) in [6.45, 7) is 2.83. The second-order valence-electron chi connectivity index (χ2n) is 6.46. The highest BCUT2D eigenvalue weighted by atomic mass is 32.1. The van der Waals surface area contributed by atoms with E-state index >= 15 is 0 Å². The number of nitrogens with one attached hydrogen (secondary N) is 1. The molecule has 1 saturated heterocycles. The molecule has 3 heterocycles. The van der Waals surface area contributed by atoms with Gasteiger partial charge in [-0.15, -0.1) is 11.3 Å².